The summed E-state index contributed by atoms with van der Waals surface area (Å²) in [5.74, 6) is 1.22. The van der Waals surface area contributed by atoms with Gasteiger partial charge in [-0.2, -0.15) is 0 Å². The van der Waals surface area contributed by atoms with E-state index >= 15 is 0 Å². The number of hydrogen-bond acceptors (Lipinski definition) is 6. The van der Waals surface area contributed by atoms with Crippen LogP contribution in [0.15, 0.2) is 60.3 Å². The molecule has 0 atom stereocenters. The van der Waals surface area contributed by atoms with Gasteiger partial charge in [0.15, 0.2) is 11.5 Å². The molecule has 7 heteroatoms. The first kappa shape index (κ1) is 23.9. The van der Waals surface area contributed by atoms with E-state index in [9.17, 15) is 9.90 Å². The smallest absolute Gasteiger partial charge is 0.224 e. The molecule has 7 nitrogen and oxygen atoms in total. The Morgan fingerprint density at radius 1 is 1.00 bits per heavy atom. The first-order valence-electron chi connectivity index (χ1n) is 11.2. The number of carbonyl (C=O) groups is 1. The highest BCUT2D eigenvalue weighted by molar-refractivity contribution is 6.08. The molecule has 1 heterocycles. The molecule has 0 saturated carbocycles. The summed E-state index contributed by atoms with van der Waals surface area (Å²) in [6, 6.07) is 15.0. The summed E-state index contributed by atoms with van der Waals surface area (Å²) < 4.78 is 16.1. The van der Waals surface area contributed by atoms with Crippen LogP contribution in [0.25, 0.3) is 17.2 Å². The summed E-state index contributed by atoms with van der Waals surface area (Å²) in [7, 11) is 4.61. The second-order valence-corrected chi connectivity index (χ2v) is 8.12. The van der Waals surface area contributed by atoms with Gasteiger partial charge >= 0.3 is 0 Å². The molecule has 4 rings (SSSR count). The number of pyridine rings is 1. The molecule has 2 aromatic carbocycles. The minimum Gasteiger partial charge on any atom is -0.502 e. The van der Waals surface area contributed by atoms with Gasteiger partial charge in [0.1, 0.15) is 5.75 Å². The number of benzene rings is 2. The first-order valence-corrected chi connectivity index (χ1v) is 11.2. The minimum atomic E-state index is -0.0898. The molecular weight excluding hydrogens is 444 g/mol. The molecule has 0 radical (unpaired) electrons. The normalized spacial score (nSPS) is 13.5. The molecule has 1 aliphatic carbocycles. The SMILES string of the molecule is COc1ccc2c(c1)C(CC(=O)NCc1ccccn1)=C(C)/C2=C/c1cc(OC)c(O)c(OC)c1. The van der Waals surface area contributed by atoms with Gasteiger partial charge in [0.2, 0.25) is 11.7 Å². The molecule has 0 aliphatic heterocycles. The highest BCUT2D eigenvalue weighted by Gasteiger charge is 2.26. The second-order valence-electron chi connectivity index (χ2n) is 8.12. The number of fused-ring (bicyclic) bond motifs is 1. The Balaban J connectivity index is 1.70. The van der Waals surface area contributed by atoms with Crippen LogP contribution in [-0.2, 0) is 11.3 Å². The van der Waals surface area contributed by atoms with Crippen LogP contribution in [0.4, 0.5) is 0 Å². The van der Waals surface area contributed by atoms with E-state index < -0.39 is 0 Å². The zero-order valence-corrected chi connectivity index (χ0v) is 20.2. The lowest BCUT2D eigenvalue weighted by molar-refractivity contribution is -0.120. The van der Waals surface area contributed by atoms with Crippen molar-refractivity contribution in [1.82, 2.24) is 10.3 Å². The predicted molar refractivity (Wildman–Crippen MR) is 135 cm³/mol. The van der Waals surface area contributed by atoms with E-state index in [-0.39, 0.29) is 18.1 Å². The molecular formula is C28H28N2O5. The molecule has 1 aliphatic rings. The Labute approximate surface area is 204 Å². The van der Waals surface area contributed by atoms with Crippen molar-refractivity contribution in [1.29, 1.82) is 0 Å². The van der Waals surface area contributed by atoms with Gasteiger partial charge < -0.3 is 24.6 Å². The van der Waals surface area contributed by atoms with Gasteiger partial charge in [-0.3, -0.25) is 9.78 Å². The van der Waals surface area contributed by atoms with Crippen molar-refractivity contribution in [3.8, 4) is 23.0 Å². The standard InChI is InChI=1S/C28H28N2O5/c1-17-22(11-18-12-25(34-3)28(32)26(13-18)35-4)21-9-8-20(33-2)14-24(21)23(17)15-27(31)30-16-19-7-5-6-10-29-19/h5-14,32H,15-16H2,1-4H3,(H,30,31)/b22-11-. The molecule has 0 spiro atoms. The molecule has 3 aromatic rings. The van der Waals surface area contributed by atoms with Crippen molar-refractivity contribution in [3.05, 3.63) is 82.7 Å². The minimum absolute atomic E-state index is 0.0498. The van der Waals surface area contributed by atoms with E-state index in [0.29, 0.717) is 18.0 Å². The highest BCUT2D eigenvalue weighted by atomic mass is 16.5. The third kappa shape index (κ3) is 4.99. The fourth-order valence-electron chi connectivity index (χ4n) is 4.19. The lowest BCUT2D eigenvalue weighted by Gasteiger charge is -2.11. The number of rotatable bonds is 8. The molecule has 1 amide bonds. The fourth-order valence-corrected chi connectivity index (χ4v) is 4.19. The van der Waals surface area contributed by atoms with Gasteiger partial charge in [-0.25, -0.2) is 0 Å². The summed E-state index contributed by atoms with van der Waals surface area (Å²) in [6.45, 7) is 2.38. The Morgan fingerprint density at radius 3 is 2.37 bits per heavy atom. The van der Waals surface area contributed by atoms with E-state index in [0.717, 1.165) is 44.9 Å². The molecule has 35 heavy (non-hydrogen) atoms. The maximum atomic E-state index is 12.9. The van der Waals surface area contributed by atoms with Crippen LogP contribution in [0.5, 0.6) is 23.0 Å². The van der Waals surface area contributed by atoms with E-state index in [1.165, 1.54) is 14.2 Å². The van der Waals surface area contributed by atoms with Crippen molar-refractivity contribution < 1.29 is 24.1 Å². The molecule has 0 unspecified atom stereocenters. The topological polar surface area (TPSA) is 89.9 Å². The second kappa shape index (κ2) is 10.3. The summed E-state index contributed by atoms with van der Waals surface area (Å²) in [6.07, 6.45) is 3.93. The number of allylic oxidation sites excluding steroid dienone is 2. The summed E-state index contributed by atoms with van der Waals surface area (Å²) >= 11 is 0. The van der Waals surface area contributed by atoms with Crippen molar-refractivity contribution >= 4 is 23.1 Å². The zero-order chi connectivity index (χ0) is 24.9. The predicted octanol–water partition coefficient (Wildman–Crippen LogP) is 4.85. The number of phenols is 1. The lowest BCUT2D eigenvalue weighted by Crippen LogP contribution is -2.23. The molecule has 0 saturated heterocycles. The average Bonchev–Trinajstić information content (AvgIpc) is 3.13. The van der Waals surface area contributed by atoms with E-state index in [1.54, 1.807) is 25.4 Å². The van der Waals surface area contributed by atoms with E-state index in [1.807, 2.05) is 49.4 Å². The van der Waals surface area contributed by atoms with Crippen LogP contribution in [0.3, 0.4) is 0 Å². The van der Waals surface area contributed by atoms with Crippen molar-refractivity contribution in [3.63, 3.8) is 0 Å². The quantitative estimate of drug-likeness (QED) is 0.487. The van der Waals surface area contributed by atoms with Gasteiger partial charge in [0, 0.05) is 6.20 Å². The zero-order valence-electron chi connectivity index (χ0n) is 20.2. The Bertz CT molecular complexity index is 1290. The summed E-state index contributed by atoms with van der Waals surface area (Å²) in [4.78, 5) is 17.1. The van der Waals surface area contributed by atoms with Gasteiger partial charge in [-0.15, -0.1) is 0 Å². The van der Waals surface area contributed by atoms with Gasteiger partial charge in [-0.05, 0) is 82.8 Å². The number of nitrogens with one attached hydrogen (secondary N) is 1. The monoisotopic (exact) mass is 472 g/mol. The third-order valence-electron chi connectivity index (χ3n) is 6.04. The number of ether oxygens (including phenoxy) is 3. The van der Waals surface area contributed by atoms with Gasteiger partial charge in [0.05, 0.1) is 40.0 Å². The molecule has 0 bridgehead atoms. The van der Waals surface area contributed by atoms with Crippen LogP contribution in [0.2, 0.25) is 0 Å². The lowest BCUT2D eigenvalue weighted by atomic mass is 10.00. The maximum Gasteiger partial charge on any atom is 0.224 e. The highest BCUT2D eigenvalue weighted by Crippen LogP contribution is 2.46. The Kier molecular flexibility index (Phi) is 7.06. The number of aromatic nitrogens is 1. The number of phenolic OH excluding ortho intramolecular Hbond substituents is 1. The largest absolute Gasteiger partial charge is 0.502 e. The summed E-state index contributed by atoms with van der Waals surface area (Å²) in [5, 5.41) is 13.2. The van der Waals surface area contributed by atoms with Crippen molar-refractivity contribution in [2.24, 2.45) is 0 Å². The Hall–Kier alpha value is -4.26. The van der Waals surface area contributed by atoms with E-state index in [2.05, 4.69) is 10.3 Å². The third-order valence-corrected chi connectivity index (χ3v) is 6.04. The van der Waals surface area contributed by atoms with Crippen LogP contribution in [0, 0.1) is 0 Å². The van der Waals surface area contributed by atoms with Crippen LogP contribution >= 0.6 is 0 Å². The number of nitrogens with zero attached hydrogens (tertiary/aromatic N) is 1. The Morgan fingerprint density at radius 2 is 1.74 bits per heavy atom. The number of carbonyl (C=O) groups excluding carboxylic acids is 1. The van der Waals surface area contributed by atoms with Gasteiger partial charge in [0.25, 0.3) is 0 Å². The first-order chi connectivity index (χ1) is 16.9. The molecule has 2 N–H and O–H groups in total. The van der Waals surface area contributed by atoms with Gasteiger partial charge in [-0.1, -0.05) is 12.1 Å². The van der Waals surface area contributed by atoms with Crippen LogP contribution < -0.4 is 19.5 Å². The van der Waals surface area contributed by atoms with Crippen molar-refractivity contribution in [2.75, 3.05) is 21.3 Å². The molecule has 180 valence electrons. The number of aromatic hydroxyl groups is 1. The van der Waals surface area contributed by atoms with Crippen LogP contribution in [-0.4, -0.2) is 37.3 Å². The molecule has 1 aromatic heterocycles. The van der Waals surface area contributed by atoms with Crippen molar-refractivity contribution in [2.45, 2.75) is 19.9 Å². The number of amides is 1. The average molecular weight is 473 g/mol. The maximum absolute atomic E-state index is 12.9. The molecule has 0 fully saturated rings. The fraction of sp³-hybridized carbons (Fsp3) is 0.214. The van der Waals surface area contributed by atoms with Crippen LogP contribution in [0.1, 0.15) is 35.7 Å². The summed E-state index contributed by atoms with van der Waals surface area (Å²) in [5.41, 5.74) is 6.46. The number of methoxy groups -OCH3 is 3. The number of hydrogen-bond donors (Lipinski definition) is 2. The van der Waals surface area contributed by atoms with E-state index in [4.69, 9.17) is 14.2 Å².